The Kier molecular flexibility index (Phi) is 8.55. The van der Waals surface area contributed by atoms with Gasteiger partial charge in [-0.1, -0.05) is 36.4 Å². The van der Waals surface area contributed by atoms with Gasteiger partial charge >= 0.3 is 5.97 Å². The van der Waals surface area contributed by atoms with Crippen molar-refractivity contribution in [1.82, 2.24) is 0 Å². The average molecular weight is 555 g/mol. The van der Waals surface area contributed by atoms with E-state index >= 15 is 0 Å². The molecule has 12 heteroatoms. The van der Waals surface area contributed by atoms with E-state index in [1.165, 1.54) is 18.2 Å². The number of aliphatic hydroxyl groups is 3. The molecule has 0 aromatic heterocycles. The van der Waals surface area contributed by atoms with Crippen LogP contribution in [0.2, 0.25) is 0 Å². The third-order valence-electron chi connectivity index (χ3n) is 6.07. The van der Waals surface area contributed by atoms with Crippen LogP contribution in [0.5, 0.6) is 28.7 Å². The fraction of sp³-hybridized carbons (Fsp3) is 0.214. The third-order valence-corrected chi connectivity index (χ3v) is 6.07. The van der Waals surface area contributed by atoms with Crippen LogP contribution in [0.4, 0.5) is 0 Å². The zero-order valence-electron chi connectivity index (χ0n) is 20.7. The number of allylic oxidation sites excluding steroid dienone is 1. The predicted molar refractivity (Wildman–Crippen MR) is 137 cm³/mol. The number of aliphatic hydroxyl groups excluding tert-OH is 3. The molecule has 1 saturated heterocycles. The van der Waals surface area contributed by atoms with Gasteiger partial charge in [0.05, 0.1) is 11.1 Å². The molecule has 40 heavy (non-hydrogen) atoms. The van der Waals surface area contributed by atoms with Gasteiger partial charge < -0.3 is 50.0 Å². The summed E-state index contributed by atoms with van der Waals surface area (Å²) in [4.78, 5) is 24.8. The topological polar surface area (TPSA) is 203 Å². The number of ether oxygens (including phenoxy) is 3. The second-order valence-corrected chi connectivity index (χ2v) is 8.88. The second kappa shape index (κ2) is 12.1. The molecule has 3 aromatic carbocycles. The molecule has 7 N–H and O–H groups in total. The first-order chi connectivity index (χ1) is 19.0. The Morgan fingerprint density at radius 2 is 1.50 bits per heavy atom. The lowest BCUT2D eigenvalue weighted by Crippen LogP contribution is -2.60. The molecule has 1 heterocycles. The number of phenols is 4. The molecule has 1 aliphatic heterocycles. The van der Waals surface area contributed by atoms with E-state index in [0.29, 0.717) is 0 Å². The van der Waals surface area contributed by atoms with E-state index in [9.17, 15) is 45.3 Å². The van der Waals surface area contributed by atoms with Crippen molar-refractivity contribution in [2.45, 2.75) is 30.7 Å². The van der Waals surface area contributed by atoms with Crippen LogP contribution >= 0.6 is 0 Å². The molecule has 210 valence electrons. The van der Waals surface area contributed by atoms with Gasteiger partial charge in [-0.3, -0.25) is 4.79 Å². The first-order valence-corrected chi connectivity index (χ1v) is 11.9. The molecule has 1 fully saturated rings. The minimum Gasteiger partial charge on any atom is -0.507 e. The number of hydrogen-bond donors (Lipinski definition) is 7. The van der Waals surface area contributed by atoms with Gasteiger partial charge in [-0.05, 0) is 35.9 Å². The van der Waals surface area contributed by atoms with E-state index in [1.54, 1.807) is 18.2 Å². The van der Waals surface area contributed by atoms with Crippen molar-refractivity contribution in [3.05, 3.63) is 83.4 Å². The fourth-order valence-corrected chi connectivity index (χ4v) is 3.87. The largest absolute Gasteiger partial charge is 0.507 e. The van der Waals surface area contributed by atoms with E-state index in [4.69, 9.17) is 14.2 Å². The summed E-state index contributed by atoms with van der Waals surface area (Å²) in [6.45, 7) is -0.640. The summed E-state index contributed by atoms with van der Waals surface area (Å²) in [7, 11) is 0. The lowest BCUT2D eigenvalue weighted by atomic mass is 9.99. The number of carbonyl (C=O) groups is 2. The molecular weight excluding hydrogens is 528 g/mol. The molecule has 1 aliphatic rings. The number of rotatable bonds is 8. The van der Waals surface area contributed by atoms with Crippen LogP contribution in [-0.4, -0.2) is 84.8 Å². The van der Waals surface area contributed by atoms with Crippen LogP contribution in [-0.2, 0) is 9.47 Å². The maximum Gasteiger partial charge on any atom is 0.338 e. The van der Waals surface area contributed by atoms with Crippen molar-refractivity contribution in [3.8, 4) is 28.7 Å². The molecule has 12 nitrogen and oxygen atoms in total. The Morgan fingerprint density at radius 3 is 2.15 bits per heavy atom. The van der Waals surface area contributed by atoms with Crippen molar-refractivity contribution in [2.75, 3.05) is 6.61 Å². The van der Waals surface area contributed by atoms with E-state index in [0.717, 1.165) is 23.8 Å². The van der Waals surface area contributed by atoms with Crippen molar-refractivity contribution in [2.24, 2.45) is 0 Å². The quantitative estimate of drug-likeness (QED) is 0.0915. The number of phenolic OH excluding ortho intramolecular Hbond substituents is 4. The summed E-state index contributed by atoms with van der Waals surface area (Å²) >= 11 is 0. The molecule has 0 amide bonds. The molecular formula is C28H26O12. The molecule has 5 atom stereocenters. The lowest BCUT2D eigenvalue weighted by Gasteiger charge is -2.39. The standard InChI is InChI=1S/C28H26O12/c29-18(9-6-14-4-2-1-3-5-14)17-8-7-16(12-19(17)30)39-28-26(36)25(35)24(34)22(40-28)13-38-27(37)15-10-20(31)23(33)21(32)11-15/h1-12,22,24-26,28,30-36H,13H2/b9-6+/t22-,24+,25+,26-,28-/m1/s1. The summed E-state index contributed by atoms with van der Waals surface area (Å²) in [5.74, 6) is -4.36. The molecule has 0 aliphatic carbocycles. The first kappa shape index (κ1) is 28.4. The normalized spacial score (nSPS) is 22.6. The molecule has 0 saturated carbocycles. The van der Waals surface area contributed by atoms with E-state index in [1.807, 2.05) is 18.2 Å². The molecule has 3 aromatic rings. The maximum atomic E-state index is 12.5. The number of benzene rings is 3. The van der Waals surface area contributed by atoms with Gasteiger partial charge in [0.1, 0.15) is 42.5 Å². The highest BCUT2D eigenvalue weighted by atomic mass is 16.7. The van der Waals surface area contributed by atoms with Crippen LogP contribution in [0.1, 0.15) is 26.3 Å². The Balaban J connectivity index is 1.41. The van der Waals surface area contributed by atoms with Crippen LogP contribution in [0.15, 0.2) is 66.7 Å². The number of aromatic hydroxyl groups is 4. The molecule has 4 rings (SSSR count). The van der Waals surface area contributed by atoms with Crippen molar-refractivity contribution < 1.29 is 59.5 Å². The van der Waals surface area contributed by atoms with Gasteiger partial charge in [0.25, 0.3) is 0 Å². The van der Waals surface area contributed by atoms with E-state index in [-0.39, 0.29) is 16.9 Å². The van der Waals surface area contributed by atoms with Gasteiger partial charge in [-0.15, -0.1) is 0 Å². The van der Waals surface area contributed by atoms with Gasteiger partial charge in [0, 0.05) is 6.07 Å². The number of hydrogen-bond acceptors (Lipinski definition) is 12. The summed E-state index contributed by atoms with van der Waals surface area (Å²) < 4.78 is 16.0. The third kappa shape index (κ3) is 6.33. The minimum atomic E-state index is -1.78. The highest BCUT2D eigenvalue weighted by Gasteiger charge is 2.45. The van der Waals surface area contributed by atoms with Crippen LogP contribution in [0, 0.1) is 0 Å². The molecule has 0 radical (unpaired) electrons. The molecule has 0 bridgehead atoms. The Bertz CT molecular complexity index is 1380. The zero-order valence-corrected chi connectivity index (χ0v) is 20.7. The van der Waals surface area contributed by atoms with Crippen molar-refractivity contribution >= 4 is 17.8 Å². The number of esters is 1. The van der Waals surface area contributed by atoms with Gasteiger partial charge in [-0.25, -0.2) is 4.79 Å². The zero-order chi connectivity index (χ0) is 29.0. The Labute approximate surface area is 227 Å². The fourth-order valence-electron chi connectivity index (χ4n) is 3.87. The van der Waals surface area contributed by atoms with Crippen molar-refractivity contribution in [1.29, 1.82) is 0 Å². The molecule has 0 unspecified atom stereocenters. The summed E-state index contributed by atoms with van der Waals surface area (Å²) in [5, 5.41) is 69.8. The van der Waals surface area contributed by atoms with Crippen LogP contribution in [0.25, 0.3) is 6.08 Å². The van der Waals surface area contributed by atoms with Gasteiger partial charge in [0.15, 0.2) is 23.0 Å². The first-order valence-electron chi connectivity index (χ1n) is 11.9. The van der Waals surface area contributed by atoms with Crippen LogP contribution < -0.4 is 4.74 Å². The average Bonchev–Trinajstić information content (AvgIpc) is 2.94. The SMILES string of the molecule is O=C(OC[C@H]1O[C@@H](Oc2ccc(C(=O)/C=C/c3ccccc3)c(O)c2)[C@H](O)[C@@H](O)[C@H]1O)c1cc(O)c(O)c(O)c1. The maximum absolute atomic E-state index is 12.5. The molecule has 0 spiro atoms. The summed E-state index contributed by atoms with van der Waals surface area (Å²) in [6, 6.07) is 14.5. The number of ketones is 1. The Hall–Kier alpha value is -4.62. The summed E-state index contributed by atoms with van der Waals surface area (Å²) in [6.07, 6.45) is -5.30. The number of carbonyl (C=O) groups excluding carboxylic acids is 2. The minimum absolute atomic E-state index is 0.0174. The van der Waals surface area contributed by atoms with Gasteiger partial charge in [0.2, 0.25) is 6.29 Å². The van der Waals surface area contributed by atoms with E-state index in [2.05, 4.69) is 0 Å². The van der Waals surface area contributed by atoms with Gasteiger partial charge in [-0.2, -0.15) is 0 Å². The Morgan fingerprint density at radius 1 is 0.825 bits per heavy atom. The monoisotopic (exact) mass is 554 g/mol. The second-order valence-electron chi connectivity index (χ2n) is 8.88. The highest BCUT2D eigenvalue weighted by Crippen LogP contribution is 2.35. The highest BCUT2D eigenvalue weighted by molar-refractivity contribution is 6.08. The van der Waals surface area contributed by atoms with Crippen molar-refractivity contribution in [3.63, 3.8) is 0 Å². The lowest BCUT2D eigenvalue weighted by molar-refractivity contribution is -0.277. The summed E-state index contributed by atoms with van der Waals surface area (Å²) in [5.41, 5.74) is 0.450. The van der Waals surface area contributed by atoms with Crippen LogP contribution in [0.3, 0.4) is 0 Å². The predicted octanol–water partition coefficient (Wildman–Crippen LogP) is 1.45. The smallest absolute Gasteiger partial charge is 0.338 e. The van der Waals surface area contributed by atoms with E-state index < -0.39 is 72.1 Å².